The van der Waals surface area contributed by atoms with E-state index in [1.54, 1.807) is 42.5 Å². The molecule has 1 aromatic heterocycles. The highest BCUT2D eigenvalue weighted by Crippen LogP contribution is 2.21. The minimum absolute atomic E-state index is 0.120. The second-order valence-electron chi connectivity index (χ2n) is 7.02. The molecule has 1 heterocycles. The van der Waals surface area contributed by atoms with Crippen LogP contribution in [0, 0.1) is 30.9 Å². The molecule has 0 bridgehead atoms. The van der Waals surface area contributed by atoms with Crippen LogP contribution in [0.3, 0.4) is 0 Å². The Balaban J connectivity index is 1.66. The topological polar surface area (TPSA) is 129 Å². The molecule has 3 rings (SSSR count). The molecule has 0 saturated carbocycles. The minimum atomic E-state index is -0.529. The molecule has 0 atom stereocenters. The highest BCUT2D eigenvalue weighted by atomic mass is 16.6. The van der Waals surface area contributed by atoms with Crippen LogP contribution in [0.5, 0.6) is 5.75 Å². The number of para-hydroxylation sites is 1. The standard InChI is InChI=1S/C22H21N5O5/c1-14-7-6-9-17(11-14)22(29)32-19-10-5-4-8-18(19)12-23-24-20(28)13-26-16(3)21(27(30)31)15(2)25-26/h4-12H,13H2,1-3H3,(H,24,28). The Bertz CT molecular complexity index is 1220. The highest BCUT2D eigenvalue weighted by Gasteiger charge is 2.22. The van der Waals surface area contributed by atoms with Crippen LogP contribution in [0.15, 0.2) is 53.6 Å². The number of nitrogens with one attached hydrogen (secondary N) is 1. The predicted octanol–water partition coefficient (Wildman–Crippen LogP) is 3.09. The molecule has 1 amide bonds. The molecule has 10 heteroatoms. The van der Waals surface area contributed by atoms with Crippen molar-refractivity contribution in [2.45, 2.75) is 27.3 Å². The number of aromatic nitrogens is 2. The van der Waals surface area contributed by atoms with E-state index in [9.17, 15) is 19.7 Å². The van der Waals surface area contributed by atoms with Gasteiger partial charge in [0.15, 0.2) is 0 Å². The van der Waals surface area contributed by atoms with Gasteiger partial charge in [0.05, 0.1) is 16.7 Å². The van der Waals surface area contributed by atoms with Crippen molar-refractivity contribution in [1.29, 1.82) is 0 Å². The third kappa shape index (κ3) is 5.22. The predicted molar refractivity (Wildman–Crippen MR) is 117 cm³/mol. The molecular formula is C22H21N5O5. The van der Waals surface area contributed by atoms with Gasteiger partial charge in [-0.3, -0.25) is 19.6 Å². The number of ether oxygens (including phenoxy) is 1. The number of carbonyl (C=O) groups is 2. The summed E-state index contributed by atoms with van der Waals surface area (Å²) in [6, 6.07) is 13.8. The van der Waals surface area contributed by atoms with Crippen molar-refractivity contribution >= 4 is 23.8 Å². The molecule has 10 nitrogen and oxygen atoms in total. The Hall–Kier alpha value is -4.34. The van der Waals surface area contributed by atoms with E-state index in [1.807, 2.05) is 13.0 Å². The van der Waals surface area contributed by atoms with E-state index in [2.05, 4.69) is 15.6 Å². The van der Waals surface area contributed by atoms with Gasteiger partial charge in [-0.2, -0.15) is 10.2 Å². The SMILES string of the molecule is Cc1cccc(C(=O)Oc2ccccc2C=NNC(=O)Cn2nc(C)c([N+](=O)[O-])c2C)c1. The summed E-state index contributed by atoms with van der Waals surface area (Å²) in [6.07, 6.45) is 1.35. The van der Waals surface area contributed by atoms with Crippen LogP contribution >= 0.6 is 0 Å². The number of amides is 1. The molecule has 1 N–H and O–H groups in total. The summed E-state index contributed by atoms with van der Waals surface area (Å²) in [5.41, 5.74) is 4.57. The maximum Gasteiger partial charge on any atom is 0.343 e. The van der Waals surface area contributed by atoms with E-state index in [1.165, 1.54) is 24.7 Å². The molecule has 164 valence electrons. The van der Waals surface area contributed by atoms with Gasteiger partial charge in [-0.05, 0) is 45.0 Å². The fourth-order valence-corrected chi connectivity index (χ4v) is 3.06. The van der Waals surface area contributed by atoms with Crippen LogP contribution in [0.2, 0.25) is 0 Å². The molecular weight excluding hydrogens is 414 g/mol. The van der Waals surface area contributed by atoms with Crippen LogP contribution < -0.4 is 10.2 Å². The van der Waals surface area contributed by atoms with Crippen molar-refractivity contribution in [2.24, 2.45) is 5.10 Å². The van der Waals surface area contributed by atoms with Crippen LogP contribution in [-0.4, -0.2) is 32.8 Å². The van der Waals surface area contributed by atoms with Crippen molar-refractivity contribution < 1.29 is 19.2 Å². The first kappa shape index (κ1) is 22.3. The smallest absolute Gasteiger partial charge is 0.343 e. The summed E-state index contributed by atoms with van der Waals surface area (Å²) in [4.78, 5) is 35.2. The van der Waals surface area contributed by atoms with Gasteiger partial charge >= 0.3 is 11.7 Å². The second-order valence-corrected chi connectivity index (χ2v) is 7.02. The highest BCUT2D eigenvalue weighted by molar-refractivity contribution is 5.93. The average Bonchev–Trinajstić information content (AvgIpc) is 3.02. The lowest BCUT2D eigenvalue weighted by molar-refractivity contribution is -0.386. The molecule has 0 aliphatic carbocycles. The zero-order valence-corrected chi connectivity index (χ0v) is 17.7. The van der Waals surface area contributed by atoms with Crippen LogP contribution in [0.4, 0.5) is 5.69 Å². The third-order valence-corrected chi connectivity index (χ3v) is 4.59. The summed E-state index contributed by atoms with van der Waals surface area (Å²) in [5, 5.41) is 19.0. The monoisotopic (exact) mass is 435 g/mol. The fraction of sp³-hybridized carbons (Fsp3) is 0.182. The Morgan fingerprint density at radius 3 is 2.62 bits per heavy atom. The normalized spacial score (nSPS) is 10.8. The van der Waals surface area contributed by atoms with Crippen molar-refractivity contribution in [1.82, 2.24) is 15.2 Å². The zero-order chi connectivity index (χ0) is 23.3. The zero-order valence-electron chi connectivity index (χ0n) is 17.7. The number of hydrazone groups is 1. The van der Waals surface area contributed by atoms with Crippen molar-refractivity contribution in [3.8, 4) is 5.75 Å². The van der Waals surface area contributed by atoms with E-state index < -0.39 is 16.8 Å². The third-order valence-electron chi connectivity index (χ3n) is 4.59. The summed E-state index contributed by atoms with van der Waals surface area (Å²) in [7, 11) is 0. The Morgan fingerprint density at radius 2 is 1.94 bits per heavy atom. The van der Waals surface area contributed by atoms with Gasteiger partial charge < -0.3 is 4.74 Å². The van der Waals surface area contributed by atoms with Gasteiger partial charge in [0.25, 0.3) is 5.91 Å². The molecule has 0 unspecified atom stereocenters. The molecule has 2 aromatic carbocycles. The van der Waals surface area contributed by atoms with Crippen LogP contribution in [0.25, 0.3) is 0 Å². The van der Waals surface area contributed by atoms with Gasteiger partial charge in [0.1, 0.15) is 23.7 Å². The van der Waals surface area contributed by atoms with Gasteiger partial charge in [-0.15, -0.1) is 0 Å². The van der Waals surface area contributed by atoms with Gasteiger partial charge in [-0.25, -0.2) is 10.2 Å². The lowest BCUT2D eigenvalue weighted by Gasteiger charge is -2.08. The van der Waals surface area contributed by atoms with Crippen molar-refractivity contribution in [3.63, 3.8) is 0 Å². The van der Waals surface area contributed by atoms with Crippen LogP contribution in [-0.2, 0) is 11.3 Å². The van der Waals surface area contributed by atoms with E-state index in [0.29, 0.717) is 11.1 Å². The largest absolute Gasteiger partial charge is 0.422 e. The molecule has 0 aliphatic heterocycles. The first-order chi connectivity index (χ1) is 15.3. The molecule has 0 fully saturated rings. The summed E-state index contributed by atoms with van der Waals surface area (Å²) >= 11 is 0. The lowest BCUT2D eigenvalue weighted by atomic mass is 10.1. The number of rotatable bonds is 7. The number of nitro groups is 1. The lowest BCUT2D eigenvalue weighted by Crippen LogP contribution is -2.24. The number of aryl methyl sites for hydroxylation is 2. The first-order valence-electron chi connectivity index (χ1n) is 9.64. The molecule has 0 aliphatic rings. The van der Waals surface area contributed by atoms with Gasteiger partial charge in [-0.1, -0.05) is 29.8 Å². The van der Waals surface area contributed by atoms with E-state index in [-0.39, 0.29) is 29.4 Å². The summed E-state index contributed by atoms with van der Waals surface area (Å²) < 4.78 is 6.72. The Kier molecular flexibility index (Phi) is 6.74. The van der Waals surface area contributed by atoms with Crippen LogP contribution in [0.1, 0.15) is 32.9 Å². The van der Waals surface area contributed by atoms with E-state index in [4.69, 9.17) is 4.74 Å². The summed E-state index contributed by atoms with van der Waals surface area (Å²) in [5.74, 6) is -0.744. The molecule has 3 aromatic rings. The number of nitrogens with zero attached hydrogens (tertiary/aromatic N) is 4. The molecule has 0 radical (unpaired) electrons. The first-order valence-corrected chi connectivity index (χ1v) is 9.64. The Morgan fingerprint density at radius 1 is 1.19 bits per heavy atom. The minimum Gasteiger partial charge on any atom is -0.422 e. The molecule has 32 heavy (non-hydrogen) atoms. The quantitative estimate of drug-likeness (QED) is 0.200. The maximum absolute atomic E-state index is 12.4. The number of carbonyl (C=O) groups excluding carboxylic acids is 2. The van der Waals surface area contributed by atoms with Gasteiger partial charge in [0.2, 0.25) is 0 Å². The van der Waals surface area contributed by atoms with Gasteiger partial charge in [0, 0.05) is 5.56 Å². The molecule has 0 saturated heterocycles. The molecule has 0 spiro atoms. The maximum atomic E-state index is 12.4. The van der Waals surface area contributed by atoms with Crippen molar-refractivity contribution in [2.75, 3.05) is 0 Å². The number of esters is 1. The van der Waals surface area contributed by atoms with E-state index in [0.717, 1.165) is 5.56 Å². The second kappa shape index (κ2) is 9.65. The fourth-order valence-electron chi connectivity index (χ4n) is 3.06. The number of hydrogen-bond donors (Lipinski definition) is 1. The summed E-state index contributed by atoms with van der Waals surface area (Å²) in [6.45, 7) is 4.67. The Labute approximate surface area is 183 Å². The number of benzene rings is 2. The average molecular weight is 435 g/mol. The van der Waals surface area contributed by atoms with E-state index >= 15 is 0 Å². The van der Waals surface area contributed by atoms with Crippen molar-refractivity contribution in [3.05, 3.63) is 86.7 Å². The number of hydrogen-bond acceptors (Lipinski definition) is 7.